The Bertz CT molecular complexity index is 701. The van der Waals surface area contributed by atoms with Crippen molar-refractivity contribution in [3.63, 3.8) is 0 Å². The molecular formula is C19H22N2O3. The molecule has 1 aliphatic rings. The van der Waals surface area contributed by atoms with Gasteiger partial charge in [0.2, 0.25) is 5.91 Å². The van der Waals surface area contributed by atoms with Gasteiger partial charge in [-0.15, -0.1) is 0 Å². The molecule has 126 valence electrons. The zero-order chi connectivity index (χ0) is 16.9. The highest BCUT2D eigenvalue weighted by Gasteiger charge is 2.25. The molecule has 5 nitrogen and oxygen atoms in total. The first-order valence-corrected chi connectivity index (χ1v) is 8.28. The van der Waals surface area contributed by atoms with E-state index < -0.39 is 0 Å². The molecule has 0 radical (unpaired) electrons. The van der Waals surface area contributed by atoms with Crippen LogP contribution in [0, 0.1) is 6.92 Å². The van der Waals surface area contributed by atoms with E-state index in [1.165, 1.54) is 23.7 Å². The largest absolute Gasteiger partial charge is 0.472 e. The maximum absolute atomic E-state index is 12.4. The third kappa shape index (κ3) is 3.85. The molecule has 3 rings (SSSR count). The molecule has 2 aromatic rings. The van der Waals surface area contributed by atoms with E-state index >= 15 is 0 Å². The Labute approximate surface area is 141 Å². The number of nitrogens with zero attached hydrogens (tertiary/aromatic N) is 2. The first kappa shape index (κ1) is 16.3. The minimum absolute atomic E-state index is 0.0318. The molecule has 0 saturated carbocycles. The van der Waals surface area contributed by atoms with E-state index in [1.807, 2.05) is 11.0 Å². The lowest BCUT2D eigenvalue weighted by Gasteiger charge is -2.34. The molecule has 1 aromatic heterocycles. The number of piperazine rings is 1. The topological polar surface area (TPSA) is 53.8 Å². The number of carbonyl (C=O) groups excluding carboxylic acids is 2. The van der Waals surface area contributed by atoms with Crippen LogP contribution in [-0.2, 0) is 11.2 Å². The van der Waals surface area contributed by atoms with Gasteiger partial charge in [0.05, 0.1) is 11.8 Å². The van der Waals surface area contributed by atoms with Crippen molar-refractivity contribution >= 4 is 11.8 Å². The molecule has 2 heterocycles. The van der Waals surface area contributed by atoms with Gasteiger partial charge < -0.3 is 14.2 Å². The number of rotatable bonds is 4. The quantitative estimate of drug-likeness (QED) is 0.867. The van der Waals surface area contributed by atoms with Crippen LogP contribution in [0.4, 0.5) is 0 Å². The van der Waals surface area contributed by atoms with Gasteiger partial charge in [0.15, 0.2) is 0 Å². The monoisotopic (exact) mass is 326 g/mol. The van der Waals surface area contributed by atoms with Crippen LogP contribution in [0.2, 0.25) is 0 Å². The first-order chi connectivity index (χ1) is 11.6. The summed E-state index contributed by atoms with van der Waals surface area (Å²) in [7, 11) is 0. The molecule has 24 heavy (non-hydrogen) atoms. The minimum Gasteiger partial charge on any atom is -0.472 e. The highest BCUT2D eigenvalue weighted by molar-refractivity contribution is 5.94. The summed E-state index contributed by atoms with van der Waals surface area (Å²) in [5.74, 6) is 0.127. The van der Waals surface area contributed by atoms with E-state index in [9.17, 15) is 9.59 Å². The summed E-state index contributed by atoms with van der Waals surface area (Å²) in [6.45, 7) is 4.38. The molecule has 1 fully saturated rings. The Morgan fingerprint density at radius 2 is 1.83 bits per heavy atom. The second-order valence-corrected chi connectivity index (χ2v) is 6.17. The van der Waals surface area contributed by atoms with Crippen molar-refractivity contribution in [3.8, 4) is 0 Å². The lowest BCUT2D eigenvalue weighted by molar-refractivity contribution is -0.132. The van der Waals surface area contributed by atoms with E-state index in [1.54, 1.807) is 11.0 Å². The van der Waals surface area contributed by atoms with Crippen molar-refractivity contribution in [2.24, 2.45) is 0 Å². The summed E-state index contributed by atoms with van der Waals surface area (Å²) in [5, 5.41) is 0. The van der Waals surface area contributed by atoms with E-state index in [-0.39, 0.29) is 11.8 Å². The highest BCUT2D eigenvalue weighted by Crippen LogP contribution is 2.12. The fraction of sp³-hybridized carbons (Fsp3) is 0.368. The van der Waals surface area contributed by atoms with Crippen molar-refractivity contribution in [1.29, 1.82) is 0 Å². The number of amides is 2. The lowest BCUT2D eigenvalue weighted by atomic mass is 10.1. The van der Waals surface area contributed by atoms with Crippen LogP contribution in [0.3, 0.4) is 0 Å². The van der Waals surface area contributed by atoms with E-state index in [2.05, 4.69) is 25.1 Å². The van der Waals surface area contributed by atoms with Crippen LogP contribution in [0.1, 0.15) is 27.9 Å². The van der Waals surface area contributed by atoms with Crippen molar-refractivity contribution in [3.05, 3.63) is 59.5 Å². The molecule has 0 bridgehead atoms. The second kappa shape index (κ2) is 7.34. The molecule has 1 aliphatic heterocycles. The van der Waals surface area contributed by atoms with Gasteiger partial charge in [-0.1, -0.05) is 29.8 Å². The summed E-state index contributed by atoms with van der Waals surface area (Å²) in [5.41, 5.74) is 2.97. The normalized spacial score (nSPS) is 14.7. The summed E-state index contributed by atoms with van der Waals surface area (Å²) in [6.07, 6.45) is 4.23. The van der Waals surface area contributed by atoms with Crippen LogP contribution >= 0.6 is 0 Å². The third-order valence-electron chi connectivity index (χ3n) is 4.40. The number of furan rings is 1. The summed E-state index contributed by atoms with van der Waals surface area (Å²) in [4.78, 5) is 28.2. The van der Waals surface area contributed by atoms with Gasteiger partial charge in [-0.05, 0) is 25.0 Å². The lowest BCUT2D eigenvalue weighted by Crippen LogP contribution is -2.50. The molecule has 2 amide bonds. The molecule has 0 aliphatic carbocycles. The summed E-state index contributed by atoms with van der Waals surface area (Å²) in [6, 6.07) is 9.93. The fourth-order valence-electron chi connectivity index (χ4n) is 3.00. The number of hydrogen-bond acceptors (Lipinski definition) is 3. The van der Waals surface area contributed by atoms with Crippen LogP contribution in [0.5, 0.6) is 0 Å². The number of aryl methyl sites for hydroxylation is 2. The Hall–Kier alpha value is -2.56. The van der Waals surface area contributed by atoms with Crippen LogP contribution < -0.4 is 0 Å². The van der Waals surface area contributed by atoms with Gasteiger partial charge in [0.25, 0.3) is 5.91 Å². The van der Waals surface area contributed by atoms with Crippen molar-refractivity contribution < 1.29 is 14.0 Å². The fourth-order valence-corrected chi connectivity index (χ4v) is 3.00. The van der Waals surface area contributed by atoms with Crippen molar-refractivity contribution in [2.75, 3.05) is 26.2 Å². The van der Waals surface area contributed by atoms with Gasteiger partial charge in [0, 0.05) is 32.6 Å². The van der Waals surface area contributed by atoms with Gasteiger partial charge in [-0.2, -0.15) is 0 Å². The van der Waals surface area contributed by atoms with Gasteiger partial charge in [0.1, 0.15) is 6.26 Å². The van der Waals surface area contributed by atoms with Crippen molar-refractivity contribution in [1.82, 2.24) is 9.80 Å². The van der Waals surface area contributed by atoms with E-state index in [0.717, 1.165) is 6.42 Å². The smallest absolute Gasteiger partial charge is 0.257 e. The summed E-state index contributed by atoms with van der Waals surface area (Å²) < 4.78 is 4.96. The predicted molar refractivity (Wildman–Crippen MR) is 90.7 cm³/mol. The van der Waals surface area contributed by atoms with Crippen LogP contribution in [0.15, 0.2) is 47.3 Å². The number of carbonyl (C=O) groups is 2. The minimum atomic E-state index is -0.0318. The Kier molecular flexibility index (Phi) is 4.99. The molecule has 0 spiro atoms. The molecule has 1 saturated heterocycles. The Morgan fingerprint density at radius 3 is 2.50 bits per heavy atom. The first-order valence-electron chi connectivity index (χ1n) is 8.28. The Balaban J connectivity index is 1.47. The van der Waals surface area contributed by atoms with E-state index in [4.69, 9.17) is 4.42 Å². The molecule has 0 atom stereocenters. The average molecular weight is 326 g/mol. The second-order valence-electron chi connectivity index (χ2n) is 6.17. The molecule has 0 unspecified atom stereocenters. The third-order valence-corrected chi connectivity index (χ3v) is 4.40. The molecule has 0 N–H and O–H groups in total. The van der Waals surface area contributed by atoms with Gasteiger partial charge in [-0.3, -0.25) is 9.59 Å². The van der Waals surface area contributed by atoms with Crippen molar-refractivity contribution in [2.45, 2.75) is 19.8 Å². The van der Waals surface area contributed by atoms with Gasteiger partial charge >= 0.3 is 0 Å². The maximum Gasteiger partial charge on any atom is 0.257 e. The molecule has 5 heteroatoms. The number of benzene rings is 1. The molecule has 1 aromatic carbocycles. The summed E-state index contributed by atoms with van der Waals surface area (Å²) >= 11 is 0. The average Bonchev–Trinajstić information content (AvgIpc) is 3.14. The maximum atomic E-state index is 12.4. The SMILES string of the molecule is Cc1cccc(CCC(=O)N2CCN(C(=O)c3ccoc3)CC2)c1. The Morgan fingerprint density at radius 1 is 1.08 bits per heavy atom. The van der Waals surface area contributed by atoms with Crippen LogP contribution in [0.25, 0.3) is 0 Å². The predicted octanol–water partition coefficient (Wildman–Crippen LogP) is 2.51. The van der Waals surface area contributed by atoms with E-state index in [0.29, 0.717) is 38.2 Å². The highest BCUT2D eigenvalue weighted by atomic mass is 16.3. The van der Waals surface area contributed by atoms with Crippen LogP contribution in [-0.4, -0.2) is 47.8 Å². The zero-order valence-electron chi connectivity index (χ0n) is 13.9. The standard InChI is InChI=1S/C19H22N2O3/c1-15-3-2-4-16(13-15)5-6-18(22)20-8-10-21(11-9-20)19(23)17-7-12-24-14-17/h2-4,7,12-14H,5-6,8-11H2,1H3. The molecular weight excluding hydrogens is 304 g/mol. The van der Waals surface area contributed by atoms with Gasteiger partial charge in [-0.25, -0.2) is 0 Å². The number of hydrogen-bond donors (Lipinski definition) is 0. The zero-order valence-corrected chi connectivity index (χ0v) is 13.9.